The van der Waals surface area contributed by atoms with Gasteiger partial charge in [-0.3, -0.25) is 4.79 Å². The number of hydrogen-bond acceptors (Lipinski definition) is 3. The lowest BCUT2D eigenvalue weighted by atomic mass is 10.2. The van der Waals surface area contributed by atoms with Gasteiger partial charge < -0.3 is 4.90 Å². The van der Waals surface area contributed by atoms with Gasteiger partial charge in [0.1, 0.15) is 5.25 Å². The second-order valence-electron chi connectivity index (χ2n) is 3.98. The predicted molar refractivity (Wildman–Crippen MR) is 66.5 cm³/mol. The summed E-state index contributed by atoms with van der Waals surface area (Å²) < 4.78 is 22.4. The topological polar surface area (TPSA) is 54.5 Å². The van der Waals surface area contributed by atoms with Crippen molar-refractivity contribution in [3.63, 3.8) is 0 Å². The molecule has 0 aromatic rings. The first-order valence-corrected chi connectivity index (χ1v) is 7.79. The second kappa shape index (κ2) is 7.12. The number of amides is 1. The van der Waals surface area contributed by atoms with Crippen molar-refractivity contribution in [1.29, 1.82) is 0 Å². The van der Waals surface area contributed by atoms with E-state index in [0.29, 0.717) is 12.4 Å². The number of hydrogen-bond donors (Lipinski definition) is 0. The smallest absolute Gasteiger partial charge is 0.240 e. The van der Waals surface area contributed by atoms with Crippen molar-refractivity contribution in [2.24, 2.45) is 0 Å². The Morgan fingerprint density at radius 2 is 1.88 bits per heavy atom. The van der Waals surface area contributed by atoms with Gasteiger partial charge in [-0.2, -0.15) is 0 Å². The van der Waals surface area contributed by atoms with Crippen molar-refractivity contribution in [2.45, 2.75) is 31.4 Å². The van der Waals surface area contributed by atoms with Crippen LogP contribution in [0.4, 0.5) is 0 Å². The minimum atomic E-state index is -3.29. The number of unbranched alkanes of at least 4 members (excludes halogenated alkanes) is 2. The van der Waals surface area contributed by atoms with Gasteiger partial charge in [0.2, 0.25) is 5.91 Å². The van der Waals surface area contributed by atoms with Gasteiger partial charge in [0.25, 0.3) is 0 Å². The van der Waals surface area contributed by atoms with Gasteiger partial charge in [-0.25, -0.2) is 8.42 Å². The Morgan fingerprint density at radius 3 is 2.31 bits per heavy atom. The minimum absolute atomic E-state index is 0.339. The average molecular weight is 270 g/mol. The number of halogens is 1. The minimum Gasteiger partial charge on any atom is -0.345 e. The van der Waals surface area contributed by atoms with E-state index in [-0.39, 0.29) is 5.91 Å². The van der Waals surface area contributed by atoms with Gasteiger partial charge in [-0.1, -0.05) is 6.42 Å². The molecule has 0 bridgehead atoms. The fraction of sp³-hybridized carbons (Fsp3) is 0.900. The van der Waals surface area contributed by atoms with Gasteiger partial charge in [-0.15, -0.1) is 11.6 Å². The number of alkyl halides is 1. The Hall–Kier alpha value is -0.290. The maximum Gasteiger partial charge on any atom is 0.240 e. The number of sulfone groups is 1. The average Bonchev–Trinajstić information content (AvgIpc) is 2.20. The molecular formula is C10H20ClNO3S. The second-order valence-corrected chi connectivity index (χ2v) is 6.73. The highest BCUT2D eigenvalue weighted by Gasteiger charge is 2.25. The highest BCUT2D eigenvalue weighted by Crippen LogP contribution is 2.05. The molecule has 0 saturated carbocycles. The summed E-state index contributed by atoms with van der Waals surface area (Å²) in [5.74, 6) is 0.283. The quantitative estimate of drug-likeness (QED) is 0.517. The van der Waals surface area contributed by atoms with Crippen LogP contribution >= 0.6 is 11.6 Å². The zero-order chi connectivity index (χ0) is 12.8. The number of nitrogens with zero attached hydrogens (tertiary/aromatic N) is 1. The molecule has 0 spiro atoms. The van der Waals surface area contributed by atoms with Crippen LogP contribution in [0, 0.1) is 0 Å². The van der Waals surface area contributed by atoms with Gasteiger partial charge in [0.05, 0.1) is 0 Å². The normalized spacial score (nSPS) is 13.5. The summed E-state index contributed by atoms with van der Waals surface area (Å²) in [4.78, 5) is 13.1. The van der Waals surface area contributed by atoms with Crippen molar-refractivity contribution in [2.75, 3.05) is 25.7 Å². The molecular weight excluding hydrogens is 250 g/mol. The van der Waals surface area contributed by atoms with Crippen LogP contribution in [0.5, 0.6) is 0 Å². The lowest BCUT2D eigenvalue weighted by Gasteiger charge is -2.20. The SMILES string of the molecule is CC(C(=O)N(C)CCCCCCl)S(C)(=O)=O. The molecule has 0 rings (SSSR count). The van der Waals surface area contributed by atoms with E-state index in [0.717, 1.165) is 25.5 Å². The molecule has 96 valence electrons. The van der Waals surface area contributed by atoms with E-state index >= 15 is 0 Å². The van der Waals surface area contributed by atoms with E-state index in [2.05, 4.69) is 0 Å². The summed E-state index contributed by atoms with van der Waals surface area (Å²) in [6.07, 6.45) is 3.81. The number of carbonyl (C=O) groups is 1. The summed E-state index contributed by atoms with van der Waals surface area (Å²) in [5.41, 5.74) is 0. The standard InChI is InChI=1S/C10H20ClNO3S/c1-9(16(3,14)15)10(13)12(2)8-6-4-5-7-11/h9H,4-8H2,1-3H3. The molecule has 0 fully saturated rings. The highest BCUT2D eigenvalue weighted by atomic mass is 35.5. The molecule has 0 heterocycles. The van der Waals surface area contributed by atoms with Crippen LogP contribution in [0.1, 0.15) is 26.2 Å². The van der Waals surface area contributed by atoms with Crippen molar-refractivity contribution in [1.82, 2.24) is 4.90 Å². The maximum absolute atomic E-state index is 11.7. The first-order chi connectivity index (χ1) is 7.30. The fourth-order valence-electron chi connectivity index (χ4n) is 1.22. The van der Waals surface area contributed by atoms with E-state index < -0.39 is 15.1 Å². The number of carbonyl (C=O) groups excluding carboxylic acids is 1. The monoisotopic (exact) mass is 269 g/mol. The van der Waals surface area contributed by atoms with Crippen molar-refractivity contribution >= 4 is 27.3 Å². The first-order valence-electron chi connectivity index (χ1n) is 5.30. The highest BCUT2D eigenvalue weighted by molar-refractivity contribution is 7.92. The molecule has 0 aliphatic heterocycles. The molecule has 0 N–H and O–H groups in total. The van der Waals surface area contributed by atoms with Crippen LogP contribution in [0.2, 0.25) is 0 Å². The van der Waals surface area contributed by atoms with E-state index in [9.17, 15) is 13.2 Å². The van der Waals surface area contributed by atoms with Crippen LogP contribution in [0.15, 0.2) is 0 Å². The maximum atomic E-state index is 11.7. The zero-order valence-electron chi connectivity index (χ0n) is 10.1. The summed E-state index contributed by atoms with van der Waals surface area (Å²) >= 11 is 5.53. The molecule has 1 amide bonds. The third-order valence-corrected chi connectivity index (χ3v) is 4.25. The third kappa shape index (κ3) is 5.70. The Labute approximate surface area is 103 Å². The Kier molecular flexibility index (Phi) is 6.99. The fourth-order valence-corrected chi connectivity index (χ4v) is 1.96. The molecule has 0 aliphatic rings. The molecule has 0 saturated heterocycles. The summed E-state index contributed by atoms with van der Waals surface area (Å²) in [6, 6.07) is 0. The molecule has 0 aliphatic carbocycles. The van der Waals surface area contributed by atoms with Crippen LogP contribution in [-0.4, -0.2) is 50.2 Å². The molecule has 6 heteroatoms. The summed E-state index contributed by atoms with van der Waals surface area (Å²) in [6.45, 7) is 2.00. The first kappa shape index (κ1) is 15.7. The van der Waals surface area contributed by atoms with Crippen molar-refractivity contribution in [3.05, 3.63) is 0 Å². The summed E-state index contributed by atoms with van der Waals surface area (Å²) in [7, 11) is -1.66. The molecule has 4 nitrogen and oxygen atoms in total. The van der Waals surface area contributed by atoms with Gasteiger partial charge in [0.15, 0.2) is 9.84 Å². The molecule has 0 aromatic heterocycles. The Morgan fingerprint density at radius 1 is 1.31 bits per heavy atom. The van der Waals surface area contributed by atoms with E-state index in [1.165, 1.54) is 11.8 Å². The Bertz CT molecular complexity index is 316. The molecule has 16 heavy (non-hydrogen) atoms. The van der Waals surface area contributed by atoms with Crippen molar-refractivity contribution < 1.29 is 13.2 Å². The Balaban J connectivity index is 4.09. The molecule has 1 atom stereocenters. The largest absolute Gasteiger partial charge is 0.345 e. The zero-order valence-corrected chi connectivity index (χ0v) is 11.6. The molecule has 0 aromatic carbocycles. The van der Waals surface area contributed by atoms with Crippen LogP contribution in [0.25, 0.3) is 0 Å². The van der Waals surface area contributed by atoms with Gasteiger partial charge >= 0.3 is 0 Å². The van der Waals surface area contributed by atoms with Crippen LogP contribution in [0.3, 0.4) is 0 Å². The summed E-state index contributed by atoms with van der Waals surface area (Å²) in [5, 5.41) is -0.953. The van der Waals surface area contributed by atoms with Crippen LogP contribution < -0.4 is 0 Å². The molecule has 1 unspecified atom stereocenters. The predicted octanol–water partition coefficient (Wildman–Crippen LogP) is 1.29. The molecule has 0 radical (unpaired) electrons. The van der Waals surface area contributed by atoms with Gasteiger partial charge in [-0.05, 0) is 19.8 Å². The van der Waals surface area contributed by atoms with E-state index in [1.54, 1.807) is 7.05 Å². The third-order valence-electron chi connectivity index (χ3n) is 2.49. The lowest BCUT2D eigenvalue weighted by molar-refractivity contribution is -0.129. The lowest BCUT2D eigenvalue weighted by Crippen LogP contribution is -2.39. The van der Waals surface area contributed by atoms with E-state index in [4.69, 9.17) is 11.6 Å². The van der Waals surface area contributed by atoms with Gasteiger partial charge in [0, 0.05) is 25.7 Å². The number of rotatable bonds is 7. The van der Waals surface area contributed by atoms with E-state index in [1.807, 2.05) is 0 Å². The van der Waals surface area contributed by atoms with Crippen molar-refractivity contribution in [3.8, 4) is 0 Å². The van der Waals surface area contributed by atoms with Crippen LogP contribution in [-0.2, 0) is 14.6 Å².